The Hall–Kier alpha value is -0.500. The number of hydrogen-bond donors (Lipinski definition) is 2. The second-order valence-electron chi connectivity index (χ2n) is 2.83. The Kier molecular flexibility index (Phi) is 4.12. The Morgan fingerprint density at radius 2 is 2.30 bits per heavy atom. The van der Waals surface area contributed by atoms with Crippen molar-refractivity contribution in [3.05, 3.63) is 12.8 Å². The molecule has 0 aromatic heterocycles. The third kappa shape index (κ3) is 4.39. The second kappa shape index (κ2) is 4.34. The lowest BCUT2D eigenvalue weighted by Gasteiger charge is -2.21. The van der Waals surface area contributed by atoms with E-state index in [2.05, 4.69) is 18.8 Å². The van der Waals surface area contributed by atoms with E-state index >= 15 is 0 Å². The predicted molar refractivity (Wildman–Crippen MR) is 43.7 cm³/mol. The molecule has 2 nitrogen and oxygen atoms in total. The molecule has 0 radical (unpaired) electrons. The highest BCUT2D eigenvalue weighted by Crippen LogP contribution is 2.09. The van der Waals surface area contributed by atoms with E-state index in [1.54, 1.807) is 6.20 Å². The summed E-state index contributed by atoms with van der Waals surface area (Å²) in [5, 5.41) is 12.4. The van der Waals surface area contributed by atoms with Crippen molar-refractivity contribution in [3.8, 4) is 0 Å². The lowest BCUT2D eigenvalue weighted by molar-refractivity contribution is 0.0534. The van der Waals surface area contributed by atoms with Crippen molar-refractivity contribution in [3.63, 3.8) is 0 Å². The summed E-state index contributed by atoms with van der Waals surface area (Å²) < 4.78 is 0. The first-order chi connectivity index (χ1) is 4.62. The minimum atomic E-state index is -0.580. The van der Waals surface area contributed by atoms with Gasteiger partial charge in [0.2, 0.25) is 0 Å². The molecule has 0 spiro atoms. The smallest absolute Gasteiger partial charge is 0.0791 e. The molecule has 0 bridgehead atoms. The van der Waals surface area contributed by atoms with Crippen molar-refractivity contribution in [2.75, 3.05) is 6.54 Å². The van der Waals surface area contributed by atoms with Gasteiger partial charge in [0, 0.05) is 6.54 Å². The molecule has 0 aromatic rings. The maximum Gasteiger partial charge on any atom is 0.0791 e. The molecule has 60 valence electrons. The van der Waals surface area contributed by atoms with Crippen LogP contribution in [0.25, 0.3) is 0 Å². The fourth-order valence-corrected chi connectivity index (χ4v) is 0.919. The monoisotopic (exact) mass is 143 g/mol. The Labute approximate surface area is 62.9 Å². The van der Waals surface area contributed by atoms with E-state index in [9.17, 15) is 5.11 Å². The van der Waals surface area contributed by atoms with Gasteiger partial charge in [-0.25, -0.2) is 0 Å². The van der Waals surface area contributed by atoms with Crippen LogP contribution in [0.1, 0.15) is 26.7 Å². The predicted octanol–water partition coefficient (Wildman–Crippen LogP) is 1.27. The highest BCUT2D eigenvalue weighted by Gasteiger charge is 2.16. The van der Waals surface area contributed by atoms with E-state index in [4.69, 9.17) is 0 Å². The molecule has 0 aliphatic heterocycles. The first-order valence-corrected chi connectivity index (χ1v) is 3.69. The second-order valence-corrected chi connectivity index (χ2v) is 2.83. The molecule has 0 saturated carbocycles. The average Bonchev–Trinajstić information content (AvgIpc) is 1.84. The van der Waals surface area contributed by atoms with Crippen molar-refractivity contribution in [1.29, 1.82) is 0 Å². The van der Waals surface area contributed by atoms with Gasteiger partial charge in [-0.2, -0.15) is 0 Å². The lowest BCUT2D eigenvalue weighted by atomic mass is 10.0. The largest absolute Gasteiger partial charge is 0.388 e. The zero-order valence-corrected chi connectivity index (χ0v) is 6.85. The van der Waals surface area contributed by atoms with Gasteiger partial charge in [0.15, 0.2) is 0 Å². The summed E-state index contributed by atoms with van der Waals surface area (Å²) in [5.74, 6) is 0. The van der Waals surface area contributed by atoms with E-state index in [0.29, 0.717) is 6.54 Å². The normalized spacial score (nSPS) is 15.9. The highest BCUT2D eigenvalue weighted by molar-refractivity contribution is 4.77. The van der Waals surface area contributed by atoms with Crippen LogP contribution in [0.3, 0.4) is 0 Å². The Morgan fingerprint density at radius 3 is 2.70 bits per heavy atom. The third-order valence-corrected chi connectivity index (χ3v) is 1.42. The summed E-state index contributed by atoms with van der Waals surface area (Å²) in [6.45, 7) is 7.97. The zero-order valence-electron chi connectivity index (χ0n) is 6.85. The lowest BCUT2D eigenvalue weighted by Crippen LogP contribution is -2.35. The van der Waals surface area contributed by atoms with Gasteiger partial charge in [0.1, 0.15) is 0 Å². The van der Waals surface area contributed by atoms with E-state index < -0.39 is 5.60 Å². The van der Waals surface area contributed by atoms with Gasteiger partial charge in [-0.1, -0.05) is 19.9 Å². The number of rotatable bonds is 5. The van der Waals surface area contributed by atoms with E-state index in [1.807, 2.05) is 6.92 Å². The molecule has 0 rings (SSSR count). The molecule has 0 aliphatic rings. The SMILES string of the molecule is C=CNCC(C)(O)CCC. The van der Waals surface area contributed by atoms with Crippen LogP contribution in [0, 0.1) is 0 Å². The number of aliphatic hydroxyl groups is 1. The minimum absolute atomic E-state index is 0.580. The van der Waals surface area contributed by atoms with Crippen LogP contribution in [0.15, 0.2) is 12.8 Å². The van der Waals surface area contributed by atoms with Crippen molar-refractivity contribution in [1.82, 2.24) is 5.32 Å². The highest BCUT2D eigenvalue weighted by atomic mass is 16.3. The number of nitrogens with one attached hydrogen (secondary N) is 1. The van der Waals surface area contributed by atoms with E-state index in [-0.39, 0.29) is 0 Å². The maximum absolute atomic E-state index is 9.54. The Balaban J connectivity index is 3.51. The van der Waals surface area contributed by atoms with Gasteiger partial charge in [0.25, 0.3) is 0 Å². The van der Waals surface area contributed by atoms with Crippen LogP contribution in [0.4, 0.5) is 0 Å². The minimum Gasteiger partial charge on any atom is -0.388 e. The van der Waals surface area contributed by atoms with Crippen LogP contribution in [-0.2, 0) is 0 Å². The van der Waals surface area contributed by atoms with Gasteiger partial charge in [-0.05, 0) is 19.5 Å². The molecule has 0 fully saturated rings. The fraction of sp³-hybridized carbons (Fsp3) is 0.750. The number of hydrogen-bond acceptors (Lipinski definition) is 2. The van der Waals surface area contributed by atoms with Crippen molar-refractivity contribution >= 4 is 0 Å². The van der Waals surface area contributed by atoms with Crippen LogP contribution < -0.4 is 5.32 Å². The molecule has 2 N–H and O–H groups in total. The molecular weight excluding hydrogens is 126 g/mol. The van der Waals surface area contributed by atoms with Crippen molar-refractivity contribution in [2.24, 2.45) is 0 Å². The van der Waals surface area contributed by atoms with Crippen LogP contribution >= 0.6 is 0 Å². The standard InChI is InChI=1S/C8H17NO/c1-4-6-8(3,10)7-9-5-2/h5,9-10H,2,4,6-7H2,1,3H3. The van der Waals surface area contributed by atoms with Gasteiger partial charge in [-0.3, -0.25) is 0 Å². The van der Waals surface area contributed by atoms with Gasteiger partial charge in [-0.15, -0.1) is 0 Å². The average molecular weight is 143 g/mol. The fourth-order valence-electron chi connectivity index (χ4n) is 0.919. The topological polar surface area (TPSA) is 32.3 Å². The molecule has 1 unspecified atom stereocenters. The maximum atomic E-state index is 9.54. The Morgan fingerprint density at radius 1 is 1.70 bits per heavy atom. The van der Waals surface area contributed by atoms with E-state index in [1.165, 1.54) is 0 Å². The van der Waals surface area contributed by atoms with Crippen molar-refractivity contribution in [2.45, 2.75) is 32.3 Å². The van der Waals surface area contributed by atoms with Crippen LogP contribution in [0.2, 0.25) is 0 Å². The quantitative estimate of drug-likeness (QED) is 0.607. The summed E-state index contributed by atoms with van der Waals surface area (Å²) in [6.07, 6.45) is 3.43. The van der Waals surface area contributed by atoms with Crippen molar-refractivity contribution < 1.29 is 5.11 Å². The molecule has 2 heteroatoms. The van der Waals surface area contributed by atoms with Gasteiger partial charge >= 0.3 is 0 Å². The molecule has 0 aliphatic carbocycles. The summed E-state index contributed by atoms with van der Waals surface area (Å²) in [5.41, 5.74) is -0.580. The van der Waals surface area contributed by atoms with E-state index in [0.717, 1.165) is 12.8 Å². The summed E-state index contributed by atoms with van der Waals surface area (Å²) in [7, 11) is 0. The molecule has 10 heavy (non-hydrogen) atoms. The first kappa shape index (κ1) is 9.50. The summed E-state index contributed by atoms with van der Waals surface area (Å²) in [4.78, 5) is 0. The van der Waals surface area contributed by atoms with Crippen LogP contribution in [0.5, 0.6) is 0 Å². The molecule has 0 saturated heterocycles. The third-order valence-electron chi connectivity index (χ3n) is 1.42. The molecule has 0 aromatic carbocycles. The molecule has 0 amide bonds. The summed E-state index contributed by atoms with van der Waals surface area (Å²) >= 11 is 0. The van der Waals surface area contributed by atoms with Crippen LogP contribution in [-0.4, -0.2) is 17.3 Å². The Bertz CT molecular complexity index is 99.4. The first-order valence-electron chi connectivity index (χ1n) is 3.69. The molecular formula is C8H17NO. The zero-order chi connectivity index (χ0) is 8.04. The summed E-state index contributed by atoms with van der Waals surface area (Å²) in [6, 6.07) is 0. The van der Waals surface area contributed by atoms with Gasteiger partial charge < -0.3 is 10.4 Å². The molecule has 0 heterocycles. The van der Waals surface area contributed by atoms with Gasteiger partial charge in [0.05, 0.1) is 5.60 Å². The molecule has 1 atom stereocenters.